The van der Waals surface area contributed by atoms with Gasteiger partial charge in [-0.25, -0.2) is 0 Å². The lowest BCUT2D eigenvalue weighted by atomic mass is 9.94. The Kier molecular flexibility index (Phi) is 4.51. The molecule has 0 radical (unpaired) electrons. The molecule has 2 aromatic rings. The van der Waals surface area contributed by atoms with Crippen molar-refractivity contribution in [3.63, 3.8) is 0 Å². The highest BCUT2D eigenvalue weighted by atomic mass is 79.9. The molecule has 0 spiro atoms. The Balaban J connectivity index is 2.12. The molecular weight excluding hydrogens is 314 g/mol. The first-order valence-electron chi connectivity index (χ1n) is 6.69. The van der Waals surface area contributed by atoms with Crippen LogP contribution in [0.2, 0.25) is 0 Å². The van der Waals surface area contributed by atoms with E-state index in [2.05, 4.69) is 47.2 Å². The molecule has 0 amide bonds. The Hall–Kier alpha value is -1.32. The molecule has 2 N–H and O–H groups in total. The topological polar surface area (TPSA) is 32.3 Å². The van der Waals surface area contributed by atoms with Crippen LogP contribution in [0.3, 0.4) is 0 Å². The Labute approximate surface area is 129 Å². The summed E-state index contributed by atoms with van der Waals surface area (Å²) < 4.78 is 1.08. The normalized spacial score (nSPS) is 11.6. The smallest absolute Gasteiger partial charge is 0.122 e. The second-order valence-electron chi connectivity index (χ2n) is 5.57. The molecule has 0 bridgehead atoms. The van der Waals surface area contributed by atoms with Gasteiger partial charge in [-0.15, -0.1) is 0 Å². The molecule has 0 atom stereocenters. The Bertz CT molecular complexity index is 590. The van der Waals surface area contributed by atoms with Crippen LogP contribution < -0.4 is 5.32 Å². The van der Waals surface area contributed by atoms with E-state index in [0.29, 0.717) is 12.3 Å². The third-order valence-corrected chi connectivity index (χ3v) is 4.14. The zero-order valence-corrected chi connectivity index (χ0v) is 13.7. The minimum Gasteiger partial charge on any atom is -0.507 e. The van der Waals surface area contributed by atoms with E-state index in [4.69, 9.17) is 0 Å². The molecule has 0 unspecified atom stereocenters. The summed E-state index contributed by atoms with van der Waals surface area (Å²) in [6.45, 7) is 6.83. The van der Waals surface area contributed by atoms with Gasteiger partial charge in [0.1, 0.15) is 5.75 Å². The highest BCUT2D eigenvalue weighted by Crippen LogP contribution is 2.25. The lowest BCUT2D eigenvalue weighted by Gasteiger charge is -2.27. The number of halogens is 1. The van der Waals surface area contributed by atoms with Gasteiger partial charge in [0.05, 0.1) is 0 Å². The summed E-state index contributed by atoms with van der Waals surface area (Å²) in [6.07, 6.45) is 0. The standard InChI is InChI=1S/C17H20BrNO/c1-12-5-4-6-13(16(12)20)11-19-17(2,3)14-7-9-15(18)10-8-14/h4-10,19-20H,11H2,1-3H3. The molecule has 0 saturated heterocycles. The van der Waals surface area contributed by atoms with Gasteiger partial charge < -0.3 is 10.4 Å². The number of hydrogen-bond acceptors (Lipinski definition) is 2. The van der Waals surface area contributed by atoms with Gasteiger partial charge in [-0.3, -0.25) is 0 Å². The maximum atomic E-state index is 10.1. The van der Waals surface area contributed by atoms with E-state index in [1.54, 1.807) is 0 Å². The molecule has 0 saturated carbocycles. The van der Waals surface area contributed by atoms with E-state index in [1.165, 1.54) is 5.56 Å². The van der Waals surface area contributed by atoms with Crippen molar-refractivity contribution >= 4 is 15.9 Å². The molecule has 0 heterocycles. The van der Waals surface area contributed by atoms with Crippen LogP contribution in [0.4, 0.5) is 0 Å². The molecule has 0 fully saturated rings. The van der Waals surface area contributed by atoms with Gasteiger partial charge in [-0.05, 0) is 44.0 Å². The number of rotatable bonds is 4. The second kappa shape index (κ2) is 5.98. The van der Waals surface area contributed by atoms with Crippen molar-refractivity contribution in [1.82, 2.24) is 5.32 Å². The molecule has 3 heteroatoms. The number of benzene rings is 2. The van der Waals surface area contributed by atoms with Crippen LogP contribution >= 0.6 is 15.9 Å². The molecule has 0 aliphatic heterocycles. The Morgan fingerprint density at radius 2 is 1.75 bits per heavy atom. The van der Waals surface area contributed by atoms with E-state index < -0.39 is 0 Å². The summed E-state index contributed by atoms with van der Waals surface area (Å²) in [4.78, 5) is 0. The monoisotopic (exact) mass is 333 g/mol. The lowest BCUT2D eigenvalue weighted by Crippen LogP contribution is -2.35. The van der Waals surface area contributed by atoms with Gasteiger partial charge in [0.2, 0.25) is 0 Å². The molecule has 2 aromatic carbocycles. The van der Waals surface area contributed by atoms with Crippen molar-refractivity contribution in [1.29, 1.82) is 0 Å². The fourth-order valence-corrected chi connectivity index (χ4v) is 2.41. The van der Waals surface area contributed by atoms with Gasteiger partial charge in [0, 0.05) is 22.1 Å². The van der Waals surface area contributed by atoms with Crippen LogP contribution in [0.5, 0.6) is 5.75 Å². The first-order chi connectivity index (χ1) is 9.40. The van der Waals surface area contributed by atoms with Crippen molar-refractivity contribution in [2.45, 2.75) is 32.9 Å². The maximum absolute atomic E-state index is 10.1. The molecule has 0 aliphatic rings. The maximum Gasteiger partial charge on any atom is 0.122 e. The van der Waals surface area contributed by atoms with Crippen molar-refractivity contribution in [2.24, 2.45) is 0 Å². The average Bonchev–Trinajstić information content (AvgIpc) is 2.41. The minimum absolute atomic E-state index is 0.156. The van der Waals surface area contributed by atoms with E-state index in [9.17, 15) is 5.11 Å². The average molecular weight is 334 g/mol. The van der Waals surface area contributed by atoms with Crippen LogP contribution in [-0.2, 0) is 12.1 Å². The molecule has 0 aromatic heterocycles. The first-order valence-corrected chi connectivity index (χ1v) is 7.48. The number of para-hydroxylation sites is 1. The van der Waals surface area contributed by atoms with Gasteiger partial charge in [-0.2, -0.15) is 0 Å². The van der Waals surface area contributed by atoms with Crippen LogP contribution in [-0.4, -0.2) is 5.11 Å². The van der Waals surface area contributed by atoms with E-state index >= 15 is 0 Å². The number of aryl methyl sites for hydroxylation is 1. The fraction of sp³-hybridized carbons (Fsp3) is 0.294. The van der Waals surface area contributed by atoms with E-state index in [1.807, 2.05) is 37.3 Å². The summed E-state index contributed by atoms with van der Waals surface area (Å²) in [7, 11) is 0. The quantitative estimate of drug-likeness (QED) is 0.864. The predicted octanol–water partition coefficient (Wildman–Crippen LogP) is 4.49. The van der Waals surface area contributed by atoms with Crippen molar-refractivity contribution < 1.29 is 5.11 Å². The lowest BCUT2D eigenvalue weighted by molar-refractivity contribution is 0.392. The SMILES string of the molecule is Cc1cccc(CNC(C)(C)c2ccc(Br)cc2)c1O. The fourth-order valence-electron chi connectivity index (χ4n) is 2.15. The van der Waals surface area contributed by atoms with Crippen LogP contribution in [0.25, 0.3) is 0 Å². The summed E-state index contributed by atoms with van der Waals surface area (Å²) in [5.74, 6) is 0.381. The molecule has 2 rings (SSSR count). The number of nitrogens with one attached hydrogen (secondary N) is 1. The number of aromatic hydroxyl groups is 1. The van der Waals surface area contributed by atoms with Crippen LogP contribution in [0.1, 0.15) is 30.5 Å². The number of phenolic OH excluding ortho intramolecular Hbond substituents is 1. The molecule has 106 valence electrons. The zero-order chi connectivity index (χ0) is 14.8. The third-order valence-electron chi connectivity index (χ3n) is 3.61. The predicted molar refractivity (Wildman–Crippen MR) is 86.9 cm³/mol. The van der Waals surface area contributed by atoms with Crippen molar-refractivity contribution in [3.05, 3.63) is 63.6 Å². The van der Waals surface area contributed by atoms with E-state index in [0.717, 1.165) is 15.6 Å². The molecular formula is C17H20BrNO. The van der Waals surface area contributed by atoms with Crippen LogP contribution in [0.15, 0.2) is 46.9 Å². The summed E-state index contributed by atoms with van der Waals surface area (Å²) in [6, 6.07) is 14.1. The summed E-state index contributed by atoms with van der Waals surface area (Å²) in [5.41, 5.74) is 2.89. The van der Waals surface area contributed by atoms with Crippen LogP contribution in [0, 0.1) is 6.92 Å². The minimum atomic E-state index is -0.156. The van der Waals surface area contributed by atoms with Crippen molar-refractivity contribution in [3.8, 4) is 5.75 Å². The van der Waals surface area contributed by atoms with Gasteiger partial charge in [0.25, 0.3) is 0 Å². The molecule has 0 aliphatic carbocycles. The Morgan fingerprint density at radius 3 is 2.40 bits per heavy atom. The second-order valence-corrected chi connectivity index (χ2v) is 6.48. The summed E-state index contributed by atoms with van der Waals surface area (Å²) in [5, 5.41) is 13.6. The summed E-state index contributed by atoms with van der Waals surface area (Å²) >= 11 is 3.45. The number of phenols is 1. The first kappa shape index (κ1) is 15.1. The highest BCUT2D eigenvalue weighted by Gasteiger charge is 2.20. The zero-order valence-electron chi connectivity index (χ0n) is 12.1. The van der Waals surface area contributed by atoms with Gasteiger partial charge in [0.15, 0.2) is 0 Å². The third kappa shape index (κ3) is 3.41. The van der Waals surface area contributed by atoms with E-state index in [-0.39, 0.29) is 5.54 Å². The van der Waals surface area contributed by atoms with Gasteiger partial charge >= 0.3 is 0 Å². The Morgan fingerprint density at radius 1 is 1.10 bits per heavy atom. The number of hydrogen-bond donors (Lipinski definition) is 2. The molecule has 20 heavy (non-hydrogen) atoms. The largest absolute Gasteiger partial charge is 0.507 e. The van der Waals surface area contributed by atoms with Gasteiger partial charge in [-0.1, -0.05) is 46.3 Å². The van der Waals surface area contributed by atoms with Crippen molar-refractivity contribution in [2.75, 3.05) is 0 Å². The highest BCUT2D eigenvalue weighted by molar-refractivity contribution is 9.10. The molecule has 2 nitrogen and oxygen atoms in total.